The molecule has 0 fully saturated rings. The molecule has 2 aromatic rings. The molecule has 0 bridgehead atoms. The van der Waals surface area contributed by atoms with Crippen LogP contribution in [0.25, 0.3) is 10.9 Å². The summed E-state index contributed by atoms with van der Waals surface area (Å²) in [5, 5.41) is 4.25. The maximum Gasteiger partial charge on any atom is 0.179 e. The molecule has 0 aliphatic heterocycles. The highest BCUT2D eigenvalue weighted by Crippen LogP contribution is 2.30. The van der Waals surface area contributed by atoms with Crippen molar-refractivity contribution >= 4 is 39.7 Å². The molecule has 0 unspecified atom stereocenters. The number of fused-ring (bicyclic) bond motifs is 3. The summed E-state index contributed by atoms with van der Waals surface area (Å²) in [6.45, 7) is 0. The lowest BCUT2D eigenvalue weighted by Gasteiger charge is -2.09. The molecule has 4 N–H and O–H groups in total. The molecule has 1 heterocycles. The minimum absolute atomic E-state index is 0.205. The van der Waals surface area contributed by atoms with Crippen molar-refractivity contribution in [1.82, 2.24) is 4.98 Å². The second kappa shape index (κ2) is 4.10. The lowest BCUT2D eigenvalue weighted by Crippen LogP contribution is -2.18. The largest absolute Gasteiger partial charge is 0.376 e. The molecule has 0 atom stereocenters. The van der Waals surface area contributed by atoms with Crippen LogP contribution in [0.3, 0.4) is 0 Å². The monoisotopic (exact) mass is 259 g/mol. The van der Waals surface area contributed by atoms with Gasteiger partial charge in [-0.3, -0.25) is 4.79 Å². The topological polar surface area (TPSA) is 70.9 Å². The second-order valence-corrected chi connectivity index (χ2v) is 4.94. The molecule has 1 aliphatic carbocycles. The van der Waals surface area contributed by atoms with Gasteiger partial charge in [0.15, 0.2) is 10.9 Å². The Bertz CT molecular complexity index is 660. The number of thiocarbonyl (C=S) groups is 1. The van der Waals surface area contributed by atoms with Crippen LogP contribution in [0.2, 0.25) is 0 Å². The molecule has 1 aromatic heterocycles. The number of rotatable bonds is 1. The van der Waals surface area contributed by atoms with Gasteiger partial charge in [0.05, 0.1) is 5.69 Å². The van der Waals surface area contributed by atoms with E-state index in [1.165, 1.54) is 0 Å². The molecule has 18 heavy (non-hydrogen) atoms. The quantitative estimate of drug-likeness (QED) is 0.687. The third-order valence-electron chi connectivity index (χ3n) is 3.28. The number of Topliss-reactive ketones (excluding diaryl/α,β-unsaturated/α-hetero) is 1. The molecule has 0 saturated heterocycles. The zero-order chi connectivity index (χ0) is 12.7. The molecule has 3 rings (SSSR count). The van der Waals surface area contributed by atoms with Crippen LogP contribution in [-0.2, 0) is 6.42 Å². The summed E-state index contributed by atoms with van der Waals surface area (Å²) in [5.41, 5.74) is 9.14. The number of nitrogens with two attached hydrogens (primary N) is 1. The van der Waals surface area contributed by atoms with E-state index in [9.17, 15) is 4.79 Å². The average Bonchev–Trinajstić information content (AvgIpc) is 2.67. The van der Waals surface area contributed by atoms with Crippen LogP contribution >= 0.6 is 12.2 Å². The number of aryl methyl sites for hydroxylation is 1. The second-order valence-electron chi connectivity index (χ2n) is 4.50. The van der Waals surface area contributed by atoms with Crippen molar-refractivity contribution in [2.24, 2.45) is 5.73 Å². The Hall–Kier alpha value is -1.88. The van der Waals surface area contributed by atoms with Crippen LogP contribution in [0.5, 0.6) is 0 Å². The molecule has 0 radical (unpaired) electrons. The summed E-state index contributed by atoms with van der Waals surface area (Å²) in [7, 11) is 0. The normalized spacial score (nSPS) is 14.6. The molecular weight excluding hydrogens is 246 g/mol. The first kappa shape index (κ1) is 11.2. The van der Waals surface area contributed by atoms with E-state index in [-0.39, 0.29) is 10.9 Å². The van der Waals surface area contributed by atoms with E-state index < -0.39 is 0 Å². The van der Waals surface area contributed by atoms with Crippen LogP contribution in [0.1, 0.15) is 28.9 Å². The summed E-state index contributed by atoms with van der Waals surface area (Å²) in [5.74, 6) is 0.205. The summed E-state index contributed by atoms with van der Waals surface area (Å²) in [4.78, 5) is 15.0. The van der Waals surface area contributed by atoms with E-state index in [1.807, 2.05) is 18.2 Å². The highest BCUT2D eigenvalue weighted by atomic mass is 32.1. The van der Waals surface area contributed by atoms with Gasteiger partial charge in [-0.15, -0.1) is 0 Å². The van der Waals surface area contributed by atoms with Gasteiger partial charge in [0, 0.05) is 23.0 Å². The number of aromatic amines is 1. The number of benzene rings is 1. The first-order valence-corrected chi connectivity index (χ1v) is 6.30. The van der Waals surface area contributed by atoms with Gasteiger partial charge in [0.1, 0.15) is 0 Å². The van der Waals surface area contributed by atoms with E-state index in [0.717, 1.165) is 40.7 Å². The Labute approximate surface area is 110 Å². The SMILES string of the molecule is NC(=S)Nc1ccc2c3c([nH]c2c1)C(=O)CCC3. The Balaban J connectivity index is 2.13. The van der Waals surface area contributed by atoms with Crippen LogP contribution < -0.4 is 11.1 Å². The summed E-state index contributed by atoms with van der Waals surface area (Å²) in [6, 6.07) is 5.86. The molecule has 1 aromatic carbocycles. The Morgan fingerprint density at radius 3 is 3.00 bits per heavy atom. The van der Waals surface area contributed by atoms with Crippen molar-refractivity contribution in [1.29, 1.82) is 0 Å². The third kappa shape index (κ3) is 1.76. The Morgan fingerprint density at radius 2 is 2.22 bits per heavy atom. The fraction of sp³-hybridized carbons (Fsp3) is 0.231. The number of carbonyl (C=O) groups is 1. The smallest absolute Gasteiger partial charge is 0.179 e. The summed E-state index contributed by atoms with van der Waals surface area (Å²) >= 11 is 4.81. The van der Waals surface area contributed by atoms with Gasteiger partial charge in [0.2, 0.25) is 0 Å². The van der Waals surface area contributed by atoms with Crippen LogP contribution in [-0.4, -0.2) is 15.9 Å². The molecule has 0 spiro atoms. The number of anilines is 1. The summed E-state index contributed by atoms with van der Waals surface area (Å²) < 4.78 is 0. The van der Waals surface area contributed by atoms with Gasteiger partial charge in [-0.2, -0.15) is 0 Å². The maximum atomic E-state index is 11.8. The number of hydrogen-bond donors (Lipinski definition) is 3. The lowest BCUT2D eigenvalue weighted by molar-refractivity contribution is 0.0968. The minimum atomic E-state index is 0.205. The lowest BCUT2D eigenvalue weighted by atomic mass is 9.95. The van der Waals surface area contributed by atoms with E-state index in [4.69, 9.17) is 18.0 Å². The molecule has 1 aliphatic rings. The number of ketones is 1. The zero-order valence-corrected chi connectivity index (χ0v) is 10.6. The summed E-state index contributed by atoms with van der Waals surface area (Å²) in [6.07, 6.45) is 2.53. The number of aromatic nitrogens is 1. The third-order valence-corrected chi connectivity index (χ3v) is 3.39. The highest BCUT2D eigenvalue weighted by molar-refractivity contribution is 7.80. The first-order chi connectivity index (χ1) is 8.65. The van der Waals surface area contributed by atoms with E-state index in [2.05, 4.69) is 10.3 Å². The number of carbonyl (C=O) groups excluding carboxylic acids is 1. The predicted octanol–water partition coefficient (Wildman–Crippen LogP) is 2.34. The van der Waals surface area contributed by atoms with Crippen molar-refractivity contribution in [2.75, 3.05) is 5.32 Å². The fourth-order valence-corrected chi connectivity index (χ4v) is 2.64. The van der Waals surface area contributed by atoms with Gasteiger partial charge < -0.3 is 16.0 Å². The average molecular weight is 259 g/mol. The fourth-order valence-electron chi connectivity index (χ4n) is 2.52. The molecule has 0 amide bonds. The maximum absolute atomic E-state index is 11.8. The van der Waals surface area contributed by atoms with Gasteiger partial charge in [-0.1, -0.05) is 6.07 Å². The van der Waals surface area contributed by atoms with Gasteiger partial charge >= 0.3 is 0 Å². The van der Waals surface area contributed by atoms with Crippen molar-refractivity contribution < 1.29 is 4.79 Å². The van der Waals surface area contributed by atoms with Crippen LogP contribution in [0, 0.1) is 0 Å². The molecule has 92 valence electrons. The molecular formula is C13H13N3OS. The number of hydrogen-bond acceptors (Lipinski definition) is 2. The first-order valence-electron chi connectivity index (χ1n) is 5.89. The van der Waals surface area contributed by atoms with Crippen LogP contribution in [0.15, 0.2) is 18.2 Å². The van der Waals surface area contributed by atoms with Crippen molar-refractivity contribution in [3.05, 3.63) is 29.5 Å². The van der Waals surface area contributed by atoms with Gasteiger partial charge in [0.25, 0.3) is 0 Å². The van der Waals surface area contributed by atoms with E-state index in [0.29, 0.717) is 6.42 Å². The van der Waals surface area contributed by atoms with Crippen molar-refractivity contribution in [3.63, 3.8) is 0 Å². The Kier molecular flexibility index (Phi) is 2.56. The highest BCUT2D eigenvalue weighted by Gasteiger charge is 2.21. The van der Waals surface area contributed by atoms with Crippen molar-refractivity contribution in [3.8, 4) is 0 Å². The predicted molar refractivity (Wildman–Crippen MR) is 76.0 cm³/mol. The zero-order valence-electron chi connectivity index (χ0n) is 9.75. The minimum Gasteiger partial charge on any atom is -0.376 e. The van der Waals surface area contributed by atoms with E-state index >= 15 is 0 Å². The van der Waals surface area contributed by atoms with Crippen molar-refractivity contribution in [2.45, 2.75) is 19.3 Å². The standard InChI is InChI=1S/C13H13N3OS/c14-13(18)15-7-4-5-8-9-2-1-3-11(17)12(9)16-10(8)6-7/h4-6,16H,1-3H2,(H3,14,15,18). The van der Waals surface area contributed by atoms with Gasteiger partial charge in [-0.05, 0) is 42.8 Å². The molecule has 0 saturated carbocycles. The number of nitrogens with one attached hydrogen (secondary N) is 2. The van der Waals surface area contributed by atoms with E-state index in [1.54, 1.807) is 0 Å². The van der Waals surface area contributed by atoms with Crippen LogP contribution in [0.4, 0.5) is 5.69 Å². The van der Waals surface area contributed by atoms with Gasteiger partial charge in [-0.25, -0.2) is 0 Å². The Morgan fingerprint density at radius 1 is 1.39 bits per heavy atom. The molecule has 4 nitrogen and oxygen atoms in total. The number of H-pyrrole nitrogens is 1. The molecule has 5 heteroatoms.